The average molecular weight is 395 g/mol. The van der Waals surface area contributed by atoms with Gasteiger partial charge in [-0.15, -0.1) is 0 Å². The second-order valence-electron chi connectivity index (χ2n) is 7.06. The molecule has 0 saturated carbocycles. The molecule has 7 nitrogen and oxygen atoms in total. The highest BCUT2D eigenvalue weighted by molar-refractivity contribution is 5.79. The molecule has 2 atom stereocenters. The van der Waals surface area contributed by atoms with Crippen LogP contribution in [-0.4, -0.2) is 70.0 Å². The summed E-state index contributed by atoms with van der Waals surface area (Å²) in [5, 5.41) is 6.74. The Morgan fingerprint density at radius 3 is 2.82 bits per heavy atom. The predicted molar refractivity (Wildman–Crippen MR) is 113 cm³/mol. The maximum atomic E-state index is 5.77. The smallest absolute Gasteiger partial charge is 0.191 e. The van der Waals surface area contributed by atoms with Crippen LogP contribution in [-0.2, 0) is 9.47 Å². The highest BCUT2D eigenvalue weighted by Gasteiger charge is 2.20. The van der Waals surface area contributed by atoms with Crippen LogP contribution in [0.1, 0.15) is 45.4 Å². The van der Waals surface area contributed by atoms with E-state index in [0.717, 1.165) is 77.2 Å². The first kappa shape index (κ1) is 22.7. The number of furan rings is 1. The van der Waals surface area contributed by atoms with Crippen molar-refractivity contribution in [2.24, 2.45) is 10.9 Å². The number of nitrogens with zero attached hydrogens (tertiary/aromatic N) is 2. The van der Waals surface area contributed by atoms with Gasteiger partial charge in [-0.1, -0.05) is 13.8 Å². The SMILES string of the molecule is CCNC(=NCC(c1ccco1)N(CC)CC)NCCCOCC1CCOC1. The lowest BCUT2D eigenvalue weighted by Crippen LogP contribution is -2.39. The van der Waals surface area contributed by atoms with E-state index < -0.39 is 0 Å². The predicted octanol–water partition coefficient (Wildman–Crippen LogP) is 2.66. The molecular formula is C21H38N4O3. The fraction of sp³-hybridized carbons (Fsp3) is 0.762. The van der Waals surface area contributed by atoms with Crippen molar-refractivity contribution in [1.82, 2.24) is 15.5 Å². The van der Waals surface area contributed by atoms with Crippen molar-refractivity contribution in [1.29, 1.82) is 0 Å². The normalized spacial score (nSPS) is 18.6. The highest BCUT2D eigenvalue weighted by Crippen LogP contribution is 2.21. The molecule has 7 heteroatoms. The lowest BCUT2D eigenvalue weighted by atomic mass is 10.1. The first-order chi connectivity index (χ1) is 13.8. The Hall–Kier alpha value is -1.57. The fourth-order valence-electron chi connectivity index (χ4n) is 3.40. The van der Waals surface area contributed by atoms with Gasteiger partial charge in [0, 0.05) is 32.2 Å². The minimum atomic E-state index is 0.150. The number of aliphatic imine (C=N–C) groups is 1. The Morgan fingerprint density at radius 2 is 2.18 bits per heavy atom. The fourth-order valence-corrected chi connectivity index (χ4v) is 3.40. The van der Waals surface area contributed by atoms with Crippen LogP contribution in [0.25, 0.3) is 0 Å². The molecule has 0 radical (unpaired) electrons. The van der Waals surface area contributed by atoms with Crippen LogP contribution in [0.5, 0.6) is 0 Å². The molecule has 2 heterocycles. The second-order valence-corrected chi connectivity index (χ2v) is 7.06. The van der Waals surface area contributed by atoms with E-state index in [4.69, 9.17) is 18.9 Å². The topological polar surface area (TPSA) is 71.3 Å². The van der Waals surface area contributed by atoms with Crippen molar-refractivity contribution in [3.05, 3.63) is 24.2 Å². The van der Waals surface area contributed by atoms with Gasteiger partial charge in [0.1, 0.15) is 5.76 Å². The van der Waals surface area contributed by atoms with Gasteiger partial charge in [0.25, 0.3) is 0 Å². The van der Waals surface area contributed by atoms with Crippen molar-refractivity contribution in [2.75, 3.05) is 59.2 Å². The minimum absolute atomic E-state index is 0.150. The molecule has 0 aliphatic carbocycles. The van der Waals surface area contributed by atoms with E-state index in [1.807, 2.05) is 12.1 Å². The largest absolute Gasteiger partial charge is 0.468 e. The number of hydrogen-bond donors (Lipinski definition) is 2. The first-order valence-corrected chi connectivity index (χ1v) is 10.7. The highest BCUT2D eigenvalue weighted by atomic mass is 16.5. The number of guanidine groups is 1. The van der Waals surface area contributed by atoms with Crippen LogP contribution in [0.3, 0.4) is 0 Å². The van der Waals surface area contributed by atoms with Gasteiger partial charge >= 0.3 is 0 Å². The summed E-state index contributed by atoms with van der Waals surface area (Å²) in [5.74, 6) is 2.38. The molecule has 0 aromatic carbocycles. The monoisotopic (exact) mass is 394 g/mol. The zero-order valence-corrected chi connectivity index (χ0v) is 17.8. The second kappa shape index (κ2) is 13.6. The number of likely N-dealkylation sites (N-methyl/N-ethyl adjacent to an activating group) is 1. The van der Waals surface area contributed by atoms with Crippen molar-refractivity contribution < 1.29 is 13.9 Å². The molecule has 1 saturated heterocycles. The summed E-state index contributed by atoms with van der Waals surface area (Å²) in [6, 6.07) is 4.12. The zero-order chi connectivity index (χ0) is 20.0. The molecule has 0 amide bonds. The van der Waals surface area contributed by atoms with Gasteiger partial charge < -0.3 is 24.5 Å². The maximum absolute atomic E-state index is 5.77. The molecular weight excluding hydrogens is 356 g/mol. The molecule has 1 fully saturated rings. The molecule has 1 aromatic heterocycles. The molecule has 160 valence electrons. The van der Waals surface area contributed by atoms with Gasteiger partial charge in [0.2, 0.25) is 0 Å². The Labute approximate surface area is 169 Å². The Kier molecular flexibility index (Phi) is 11.0. The molecule has 2 rings (SSSR count). The van der Waals surface area contributed by atoms with E-state index in [0.29, 0.717) is 12.5 Å². The Balaban J connectivity index is 1.77. The molecule has 2 unspecified atom stereocenters. The molecule has 2 N–H and O–H groups in total. The van der Waals surface area contributed by atoms with Crippen LogP contribution in [0.2, 0.25) is 0 Å². The third-order valence-corrected chi connectivity index (χ3v) is 5.03. The van der Waals surface area contributed by atoms with Gasteiger partial charge in [0.05, 0.1) is 32.1 Å². The first-order valence-electron chi connectivity index (χ1n) is 10.7. The summed E-state index contributed by atoms with van der Waals surface area (Å²) in [6.45, 7) is 14.0. The Morgan fingerprint density at radius 1 is 1.32 bits per heavy atom. The molecule has 0 bridgehead atoms. The van der Waals surface area contributed by atoms with Crippen LogP contribution >= 0.6 is 0 Å². The van der Waals surface area contributed by atoms with E-state index in [2.05, 4.69) is 36.3 Å². The number of ether oxygens (including phenoxy) is 2. The van der Waals surface area contributed by atoms with E-state index in [-0.39, 0.29) is 6.04 Å². The van der Waals surface area contributed by atoms with Crippen LogP contribution < -0.4 is 10.6 Å². The van der Waals surface area contributed by atoms with Gasteiger partial charge in [-0.25, -0.2) is 0 Å². The van der Waals surface area contributed by atoms with Gasteiger partial charge in [0.15, 0.2) is 5.96 Å². The molecule has 28 heavy (non-hydrogen) atoms. The minimum Gasteiger partial charge on any atom is -0.468 e. The summed E-state index contributed by atoms with van der Waals surface area (Å²) >= 11 is 0. The Bertz CT molecular complexity index is 526. The van der Waals surface area contributed by atoms with Crippen LogP contribution in [0.15, 0.2) is 27.8 Å². The molecule has 1 aromatic rings. The average Bonchev–Trinajstić information content (AvgIpc) is 3.41. The van der Waals surface area contributed by atoms with E-state index in [1.165, 1.54) is 0 Å². The van der Waals surface area contributed by atoms with Crippen molar-refractivity contribution in [3.8, 4) is 0 Å². The van der Waals surface area contributed by atoms with Crippen molar-refractivity contribution in [3.63, 3.8) is 0 Å². The quantitative estimate of drug-likeness (QED) is 0.304. The zero-order valence-electron chi connectivity index (χ0n) is 17.8. The number of hydrogen-bond acceptors (Lipinski definition) is 5. The van der Waals surface area contributed by atoms with E-state index >= 15 is 0 Å². The third kappa shape index (κ3) is 7.81. The van der Waals surface area contributed by atoms with Gasteiger partial charge in [-0.2, -0.15) is 0 Å². The molecule has 0 spiro atoms. The van der Waals surface area contributed by atoms with Gasteiger partial charge in [-0.3, -0.25) is 9.89 Å². The summed E-state index contributed by atoms with van der Waals surface area (Å²) < 4.78 is 16.8. The van der Waals surface area contributed by atoms with Crippen LogP contribution in [0, 0.1) is 5.92 Å². The summed E-state index contributed by atoms with van der Waals surface area (Å²) in [5.41, 5.74) is 0. The standard InChI is InChI=1S/C21H38N4O3/c1-4-22-21(23-11-8-12-26-16-18-10-14-27-17-18)24-15-19(25(5-2)6-3)20-9-7-13-28-20/h7,9,13,18-19H,4-6,8,10-12,14-17H2,1-3H3,(H2,22,23,24). The van der Waals surface area contributed by atoms with E-state index in [9.17, 15) is 0 Å². The lowest BCUT2D eigenvalue weighted by molar-refractivity contribution is 0.0888. The number of nitrogens with one attached hydrogen (secondary N) is 2. The van der Waals surface area contributed by atoms with Gasteiger partial charge in [-0.05, 0) is 45.0 Å². The van der Waals surface area contributed by atoms with Crippen LogP contribution in [0.4, 0.5) is 0 Å². The summed E-state index contributed by atoms with van der Waals surface area (Å²) in [6.07, 6.45) is 3.81. The molecule has 1 aliphatic heterocycles. The maximum Gasteiger partial charge on any atom is 0.191 e. The van der Waals surface area contributed by atoms with Crippen molar-refractivity contribution >= 4 is 5.96 Å². The lowest BCUT2D eigenvalue weighted by Gasteiger charge is -2.27. The summed E-state index contributed by atoms with van der Waals surface area (Å²) in [7, 11) is 0. The third-order valence-electron chi connectivity index (χ3n) is 5.03. The van der Waals surface area contributed by atoms with Crippen molar-refractivity contribution in [2.45, 2.75) is 39.7 Å². The van der Waals surface area contributed by atoms with E-state index in [1.54, 1.807) is 6.26 Å². The summed E-state index contributed by atoms with van der Waals surface area (Å²) in [4.78, 5) is 7.17. The molecule has 1 aliphatic rings. The number of rotatable bonds is 13.